The summed E-state index contributed by atoms with van der Waals surface area (Å²) < 4.78 is 28.2. The molecule has 0 saturated heterocycles. The summed E-state index contributed by atoms with van der Waals surface area (Å²) in [6.45, 7) is 6.57. The van der Waals surface area contributed by atoms with Crippen molar-refractivity contribution in [1.29, 1.82) is 0 Å². The number of ether oxygens (including phenoxy) is 4. The molecule has 1 aromatic heterocycles. The Morgan fingerprint density at radius 1 is 1.12 bits per heavy atom. The fraction of sp³-hybridized carbons (Fsp3) is 0.360. The second-order valence-corrected chi connectivity index (χ2v) is 8.01. The van der Waals surface area contributed by atoms with Crippen molar-refractivity contribution in [3.8, 4) is 17.2 Å². The molecule has 1 aliphatic rings. The molecular formula is C25H26O7. The molecule has 4 rings (SSSR count). The summed E-state index contributed by atoms with van der Waals surface area (Å²) in [7, 11) is 1.55. The standard InChI is InChI=1S/C25H26O7/c1-5-29-25(27)23-20(15-10-11-18(19(12-15)28-4)30-13-14(2)3)21-22(32-23)16-8-6-7-9-17(16)31-24(21)26/h6-12,14,20,23H,5,13H2,1-4H3/t20-,23-/m0/s1. The minimum absolute atomic E-state index is 0.197. The molecular weight excluding hydrogens is 412 g/mol. The molecule has 0 unspecified atom stereocenters. The average molecular weight is 438 g/mol. The van der Waals surface area contributed by atoms with Gasteiger partial charge in [0.15, 0.2) is 11.5 Å². The number of carbonyl (C=O) groups excluding carboxylic acids is 1. The zero-order chi connectivity index (χ0) is 22.8. The van der Waals surface area contributed by atoms with Crippen LogP contribution in [0.4, 0.5) is 0 Å². The molecule has 3 aromatic rings. The Balaban J connectivity index is 1.85. The molecule has 0 bridgehead atoms. The summed E-state index contributed by atoms with van der Waals surface area (Å²) in [5, 5.41) is 0.628. The summed E-state index contributed by atoms with van der Waals surface area (Å²) in [6, 6.07) is 12.4. The lowest BCUT2D eigenvalue weighted by Crippen LogP contribution is -2.32. The predicted molar refractivity (Wildman–Crippen MR) is 119 cm³/mol. The van der Waals surface area contributed by atoms with E-state index in [9.17, 15) is 9.59 Å². The second-order valence-electron chi connectivity index (χ2n) is 8.01. The zero-order valence-corrected chi connectivity index (χ0v) is 18.5. The van der Waals surface area contributed by atoms with Crippen LogP contribution in [-0.2, 0) is 9.53 Å². The van der Waals surface area contributed by atoms with Crippen molar-refractivity contribution in [1.82, 2.24) is 0 Å². The van der Waals surface area contributed by atoms with E-state index < -0.39 is 23.6 Å². The van der Waals surface area contributed by atoms with Gasteiger partial charge in [-0.25, -0.2) is 9.59 Å². The van der Waals surface area contributed by atoms with Gasteiger partial charge in [0, 0.05) is 0 Å². The Kier molecular flexibility index (Phi) is 6.08. The van der Waals surface area contributed by atoms with Gasteiger partial charge in [0.25, 0.3) is 0 Å². The number of hydrogen-bond donors (Lipinski definition) is 0. The lowest BCUT2D eigenvalue weighted by molar-refractivity contribution is -0.151. The molecule has 0 amide bonds. The van der Waals surface area contributed by atoms with Crippen molar-refractivity contribution in [3.63, 3.8) is 0 Å². The van der Waals surface area contributed by atoms with Crippen molar-refractivity contribution >= 4 is 16.9 Å². The van der Waals surface area contributed by atoms with E-state index in [0.29, 0.717) is 51.9 Å². The highest BCUT2D eigenvalue weighted by Gasteiger charge is 2.45. The molecule has 0 N–H and O–H groups in total. The first-order chi connectivity index (χ1) is 15.4. The largest absolute Gasteiger partial charge is 0.493 e. The molecule has 168 valence electrons. The summed E-state index contributed by atoms with van der Waals surface area (Å²) in [4.78, 5) is 25.8. The monoisotopic (exact) mass is 438 g/mol. The Morgan fingerprint density at radius 3 is 2.62 bits per heavy atom. The van der Waals surface area contributed by atoms with Crippen molar-refractivity contribution in [2.45, 2.75) is 32.8 Å². The topological polar surface area (TPSA) is 84.2 Å². The smallest absolute Gasteiger partial charge is 0.348 e. The molecule has 7 nitrogen and oxygen atoms in total. The Labute approximate surface area is 185 Å². The van der Waals surface area contributed by atoms with Crippen molar-refractivity contribution in [3.05, 3.63) is 64.0 Å². The number of carbonyl (C=O) groups is 1. The molecule has 2 heterocycles. The van der Waals surface area contributed by atoms with Crippen LogP contribution in [0.2, 0.25) is 0 Å². The number of esters is 1. The van der Waals surface area contributed by atoms with Gasteiger partial charge in [-0.05, 0) is 42.7 Å². The molecule has 0 saturated carbocycles. The highest BCUT2D eigenvalue weighted by atomic mass is 16.6. The van der Waals surface area contributed by atoms with Gasteiger partial charge in [0.2, 0.25) is 6.10 Å². The third kappa shape index (κ3) is 3.90. The van der Waals surface area contributed by atoms with Gasteiger partial charge in [-0.3, -0.25) is 0 Å². The highest BCUT2D eigenvalue weighted by molar-refractivity contribution is 5.88. The van der Waals surface area contributed by atoms with Crippen LogP contribution in [0.25, 0.3) is 11.0 Å². The van der Waals surface area contributed by atoms with E-state index in [1.165, 1.54) is 0 Å². The molecule has 2 atom stereocenters. The van der Waals surface area contributed by atoms with Crippen molar-refractivity contribution < 1.29 is 28.2 Å². The minimum Gasteiger partial charge on any atom is -0.493 e. The van der Waals surface area contributed by atoms with E-state index in [-0.39, 0.29) is 6.61 Å². The lowest BCUT2D eigenvalue weighted by atomic mass is 9.88. The lowest BCUT2D eigenvalue weighted by Gasteiger charge is -2.19. The molecule has 32 heavy (non-hydrogen) atoms. The molecule has 0 spiro atoms. The average Bonchev–Trinajstić information content (AvgIpc) is 3.19. The Hall–Kier alpha value is -3.48. The highest BCUT2D eigenvalue weighted by Crippen LogP contribution is 2.46. The van der Waals surface area contributed by atoms with Gasteiger partial charge < -0.3 is 23.4 Å². The number of hydrogen-bond acceptors (Lipinski definition) is 7. The second kappa shape index (κ2) is 8.94. The maximum atomic E-state index is 13.0. The summed E-state index contributed by atoms with van der Waals surface area (Å²) >= 11 is 0. The molecule has 1 aliphatic heterocycles. The predicted octanol–water partition coefficient (Wildman–Crippen LogP) is 4.29. The Bertz CT molecular complexity index is 1190. The number of para-hydroxylation sites is 1. The normalized spacial score (nSPS) is 17.2. The van der Waals surface area contributed by atoms with Gasteiger partial charge in [-0.15, -0.1) is 0 Å². The third-order valence-electron chi connectivity index (χ3n) is 5.30. The van der Waals surface area contributed by atoms with Crippen LogP contribution in [0.3, 0.4) is 0 Å². The zero-order valence-electron chi connectivity index (χ0n) is 18.5. The van der Waals surface area contributed by atoms with Crippen molar-refractivity contribution in [2.24, 2.45) is 5.92 Å². The van der Waals surface area contributed by atoms with Gasteiger partial charge in [0.05, 0.1) is 37.2 Å². The van der Waals surface area contributed by atoms with E-state index in [1.807, 2.05) is 12.1 Å². The van der Waals surface area contributed by atoms with E-state index in [0.717, 1.165) is 0 Å². The first-order valence-corrected chi connectivity index (χ1v) is 10.6. The molecule has 0 fully saturated rings. The van der Waals surface area contributed by atoms with Gasteiger partial charge in [-0.1, -0.05) is 32.0 Å². The van der Waals surface area contributed by atoms with E-state index in [2.05, 4.69) is 13.8 Å². The fourth-order valence-electron chi connectivity index (χ4n) is 3.88. The van der Waals surface area contributed by atoms with Crippen LogP contribution in [0.15, 0.2) is 51.7 Å². The number of methoxy groups -OCH3 is 1. The van der Waals surface area contributed by atoms with Crippen LogP contribution in [0.5, 0.6) is 17.2 Å². The number of rotatable bonds is 7. The maximum Gasteiger partial charge on any atom is 0.348 e. The van der Waals surface area contributed by atoms with Crippen molar-refractivity contribution in [2.75, 3.05) is 20.3 Å². The Morgan fingerprint density at radius 2 is 1.91 bits per heavy atom. The fourth-order valence-corrected chi connectivity index (χ4v) is 3.88. The third-order valence-corrected chi connectivity index (χ3v) is 5.30. The molecule has 0 aliphatic carbocycles. The maximum absolute atomic E-state index is 13.0. The van der Waals surface area contributed by atoms with Gasteiger partial charge >= 0.3 is 11.6 Å². The summed E-state index contributed by atoms with van der Waals surface area (Å²) in [5.41, 5.74) is 0.807. The molecule has 2 aromatic carbocycles. The molecule has 7 heteroatoms. The summed E-state index contributed by atoms with van der Waals surface area (Å²) in [6.07, 6.45) is -1.02. The van der Waals surface area contributed by atoms with Crippen LogP contribution >= 0.6 is 0 Å². The quantitative estimate of drug-likeness (QED) is 0.402. The number of benzene rings is 2. The van der Waals surface area contributed by atoms with Crippen LogP contribution in [0, 0.1) is 5.92 Å². The van der Waals surface area contributed by atoms with E-state index in [1.54, 1.807) is 44.4 Å². The van der Waals surface area contributed by atoms with Gasteiger partial charge in [0.1, 0.15) is 11.3 Å². The van der Waals surface area contributed by atoms with Crippen LogP contribution in [0.1, 0.15) is 37.8 Å². The van der Waals surface area contributed by atoms with E-state index in [4.69, 9.17) is 23.4 Å². The van der Waals surface area contributed by atoms with E-state index >= 15 is 0 Å². The van der Waals surface area contributed by atoms with Crippen LogP contribution < -0.4 is 19.8 Å². The first-order valence-electron chi connectivity index (χ1n) is 10.6. The summed E-state index contributed by atoms with van der Waals surface area (Å²) in [5.74, 6) is 0.528. The van der Waals surface area contributed by atoms with Gasteiger partial charge in [-0.2, -0.15) is 0 Å². The SMILES string of the molecule is CCOC(=O)[C@H]1Oc2c(c(=O)oc3ccccc23)[C@@H]1c1ccc(OCC(C)C)c(OC)c1. The first kappa shape index (κ1) is 21.7. The molecule has 0 radical (unpaired) electrons. The minimum atomic E-state index is -1.02. The number of fused-ring (bicyclic) bond motifs is 3. The van der Waals surface area contributed by atoms with Crippen LogP contribution in [-0.4, -0.2) is 32.4 Å².